The second kappa shape index (κ2) is 16.4. The molecule has 0 fully saturated rings. The Hall–Kier alpha value is -4.34. The van der Waals surface area contributed by atoms with Crippen molar-refractivity contribution >= 4 is 24.1 Å². The summed E-state index contributed by atoms with van der Waals surface area (Å²) in [5, 5.41) is 0.934. The quantitative estimate of drug-likeness (QED) is 0.193. The number of carbonyl (C=O) groups excluding carboxylic acids is 4. The maximum Gasteiger partial charge on any atom is 0.429 e. The van der Waals surface area contributed by atoms with Gasteiger partial charge in [-0.1, -0.05) is 66.7 Å². The Labute approximate surface area is 216 Å². The van der Waals surface area contributed by atoms with E-state index in [4.69, 9.17) is 14.2 Å². The summed E-state index contributed by atoms with van der Waals surface area (Å²) in [5.74, 6) is -1.05. The summed E-state index contributed by atoms with van der Waals surface area (Å²) < 4.78 is 20.3. The lowest BCUT2D eigenvalue weighted by atomic mass is 10.1. The van der Waals surface area contributed by atoms with Crippen molar-refractivity contribution in [3.8, 4) is 0 Å². The smallest absolute Gasteiger partial charge is 0.429 e. The van der Waals surface area contributed by atoms with Crippen LogP contribution in [0, 0.1) is 0 Å². The van der Waals surface area contributed by atoms with Crippen LogP contribution in [0.2, 0.25) is 0 Å². The van der Waals surface area contributed by atoms with Gasteiger partial charge in [0.05, 0.1) is 19.8 Å². The third-order valence-electron chi connectivity index (χ3n) is 5.01. The van der Waals surface area contributed by atoms with E-state index in [1.807, 2.05) is 12.1 Å². The van der Waals surface area contributed by atoms with E-state index in [1.165, 1.54) is 13.2 Å². The molecule has 10 nitrogen and oxygen atoms in total. The predicted octanol–water partition coefficient (Wildman–Crippen LogP) is 4.30. The van der Waals surface area contributed by atoms with Crippen LogP contribution in [0.3, 0.4) is 0 Å². The molecule has 0 unspecified atom stereocenters. The number of esters is 2. The number of methoxy groups -OCH3 is 1. The highest BCUT2D eigenvalue weighted by Gasteiger charge is 2.27. The van der Waals surface area contributed by atoms with Crippen molar-refractivity contribution in [2.75, 3.05) is 13.7 Å². The van der Waals surface area contributed by atoms with Crippen molar-refractivity contribution in [2.45, 2.75) is 45.4 Å². The Kier molecular flexibility index (Phi) is 12.8. The maximum absolute atomic E-state index is 13.1. The van der Waals surface area contributed by atoms with Crippen molar-refractivity contribution in [3.63, 3.8) is 0 Å². The first-order valence-electron chi connectivity index (χ1n) is 11.8. The van der Waals surface area contributed by atoms with Gasteiger partial charge in [0.25, 0.3) is 0 Å². The monoisotopic (exact) mass is 512 g/mol. The van der Waals surface area contributed by atoms with E-state index in [0.29, 0.717) is 6.42 Å². The van der Waals surface area contributed by atoms with Crippen LogP contribution in [0.1, 0.15) is 37.3 Å². The molecule has 2 amide bonds. The summed E-state index contributed by atoms with van der Waals surface area (Å²) >= 11 is 0. The SMILES string of the molecule is CCOC(=O)/C=C/[C@@H](CCCC(=O)OC)N(NC(=O)OCc1ccccc1)C(=O)OCc1ccccc1. The van der Waals surface area contributed by atoms with Gasteiger partial charge in [-0.2, -0.15) is 0 Å². The average molecular weight is 513 g/mol. The summed E-state index contributed by atoms with van der Waals surface area (Å²) in [4.78, 5) is 49.2. The molecule has 2 rings (SSSR count). The molecule has 0 aliphatic carbocycles. The number of nitrogens with one attached hydrogen (secondary N) is 1. The molecule has 0 bridgehead atoms. The molecule has 1 N–H and O–H groups in total. The minimum atomic E-state index is -0.900. The molecule has 2 aromatic carbocycles. The van der Waals surface area contributed by atoms with E-state index >= 15 is 0 Å². The largest absolute Gasteiger partial charge is 0.469 e. The van der Waals surface area contributed by atoms with Crippen LogP contribution in [0.15, 0.2) is 72.8 Å². The van der Waals surface area contributed by atoms with E-state index in [-0.39, 0.29) is 32.7 Å². The molecule has 0 spiro atoms. The fourth-order valence-corrected chi connectivity index (χ4v) is 3.16. The number of nitrogens with zero attached hydrogens (tertiary/aromatic N) is 1. The van der Waals surface area contributed by atoms with Crippen molar-refractivity contribution < 1.29 is 38.1 Å². The molecule has 0 aromatic heterocycles. The minimum Gasteiger partial charge on any atom is -0.469 e. The zero-order chi connectivity index (χ0) is 26.9. The molecule has 2 aromatic rings. The van der Waals surface area contributed by atoms with E-state index in [2.05, 4.69) is 10.2 Å². The molecule has 0 saturated heterocycles. The first kappa shape index (κ1) is 28.9. The van der Waals surface area contributed by atoms with E-state index in [9.17, 15) is 19.2 Å². The summed E-state index contributed by atoms with van der Waals surface area (Å²) in [7, 11) is 1.28. The predicted molar refractivity (Wildman–Crippen MR) is 134 cm³/mol. The fourth-order valence-electron chi connectivity index (χ4n) is 3.16. The van der Waals surface area contributed by atoms with Gasteiger partial charge in [0.1, 0.15) is 13.2 Å². The summed E-state index contributed by atoms with van der Waals surface area (Å²) in [5.41, 5.74) is 3.91. The van der Waals surface area contributed by atoms with Gasteiger partial charge in [-0.15, -0.1) is 0 Å². The third-order valence-corrected chi connectivity index (χ3v) is 5.01. The first-order valence-corrected chi connectivity index (χ1v) is 11.8. The standard InChI is InChI=1S/C27H32N2O8/c1-3-35-25(31)18-17-23(15-10-16-24(30)34-2)29(27(33)37-20-22-13-8-5-9-14-22)28-26(32)36-19-21-11-6-4-7-12-21/h4-9,11-14,17-18,23H,3,10,15-16,19-20H2,1-2H3,(H,28,32)/b18-17+/t23-/m1/s1. The van der Waals surface area contributed by atoms with Crippen LogP contribution >= 0.6 is 0 Å². The number of rotatable bonds is 12. The third kappa shape index (κ3) is 11.3. The second-order valence-electron chi connectivity index (χ2n) is 7.73. The van der Waals surface area contributed by atoms with Crippen LogP contribution in [0.5, 0.6) is 0 Å². The Morgan fingerprint density at radius 2 is 1.49 bits per heavy atom. The van der Waals surface area contributed by atoms with Crippen LogP contribution in [-0.4, -0.2) is 48.9 Å². The number of carbonyl (C=O) groups is 4. The maximum atomic E-state index is 13.1. The topological polar surface area (TPSA) is 120 Å². The molecule has 10 heteroatoms. The van der Waals surface area contributed by atoms with Crippen molar-refractivity contribution in [1.29, 1.82) is 0 Å². The van der Waals surface area contributed by atoms with Crippen LogP contribution < -0.4 is 5.43 Å². The number of amides is 2. The van der Waals surface area contributed by atoms with Gasteiger partial charge in [-0.05, 0) is 30.9 Å². The van der Waals surface area contributed by atoms with Crippen molar-refractivity contribution in [1.82, 2.24) is 10.4 Å². The molecule has 0 saturated carbocycles. The number of hydrazine groups is 1. The van der Waals surface area contributed by atoms with E-state index in [0.717, 1.165) is 22.2 Å². The number of ether oxygens (including phenoxy) is 4. The number of hydrogen-bond donors (Lipinski definition) is 1. The zero-order valence-electron chi connectivity index (χ0n) is 21.0. The molecular formula is C27H32N2O8. The summed E-state index contributed by atoms with van der Waals surface area (Å²) in [6.45, 7) is 1.76. The molecule has 198 valence electrons. The highest BCUT2D eigenvalue weighted by molar-refractivity contribution is 5.82. The van der Waals surface area contributed by atoms with E-state index < -0.39 is 30.2 Å². The lowest BCUT2D eigenvalue weighted by Gasteiger charge is -2.29. The lowest BCUT2D eigenvalue weighted by molar-refractivity contribution is -0.141. The van der Waals surface area contributed by atoms with Gasteiger partial charge in [0.15, 0.2) is 0 Å². The first-order chi connectivity index (χ1) is 17.9. The molecule has 0 heterocycles. The average Bonchev–Trinajstić information content (AvgIpc) is 2.92. The van der Waals surface area contributed by atoms with Gasteiger partial charge in [0, 0.05) is 12.5 Å². The Morgan fingerprint density at radius 1 is 0.892 bits per heavy atom. The molecular weight excluding hydrogens is 480 g/mol. The molecule has 37 heavy (non-hydrogen) atoms. The number of benzene rings is 2. The lowest BCUT2D eigenvalue weighted by Crippen LogP contribution is -2.51. The zero-order valence-corrected chi connectivity index (χ0v) is 21.0. The highest BCUT2D eigenvalue weighted by atomic mass is 16.6. The highest BCUT2D eigenvalue weighted by Crippen LogP contribution is 2.13. The summed E-state index contributed by atoms with van der Waals surface area (Å²) in [6.07, 6.45) is 1.35. The van der Waals surface area contributed by atoms with Gasteiger partial charge >= 0.3 is 24.1 Å². The minimum absolute atomic E-state index is 0.0226. The Morgan fingerprint density at radius 3 is 2.05 bits per heavy atom. The van der Waals surface area contributed by atoms with Crippen molar-refractivity contribution in [3.05, 3.63) is 83.9 Å². The van der Waals surface area contributed by atoms with Crippen LogP contribution in [0.4, 0.5) is 9.59 Å². The molecule has 0 aliphatic heterocycles. The van der Waals surface area contributed by atoms with E-state index in [1.54, 1.807) is 55.5 Å². The van der Waals surface area contributed by atoms with Gasteiger partial charge in [-0.3, -0.25) is 4.79 Å². The van der Waals surface area contributed by atoms with Crippen LogP contribution in [-0.2, 0) is 41.8 Å². The molecule has 1 atom stereocenters. The van der Waals surface area contributed by atoms with Gasteiger partial charge in [-0.25, -0.2) is 24.8 Å². The molecule has 0 radical (unpaired) electrons. The summed E-state index contributed by atoms with van der Waals surface area (Å²) in [6, 6.07) is 17.2. The Balaban J connectivity index is 2.19. The Bertz CT molecular complexity index is 1030. The fraction of sp³-hybridized carbons (Fsp3) is 0.333. The second-order valence-corrected chi connectivity index (χ2v) is 7.73. The van der Waals surface area contributed by atoms with Gasteiger partial charge < -0.3 is 18.9 Å². The van der Waals surface area contributed by atoms with Crippen LogP contribution in [0.25, 0.3) is 0 Å². The van der Waals surface area contributed by atoms with Gasteiger partial charge in [0.2, 0.25) is 0 Å². The normalized spacial score (nSPS) is 11.3. The van der Waals surface area contributed by atoms with Crippen molar-refractivity contribution in [2.24, 2.45) is 0 Å². The molecule has 0 aliphatic rings. The number of hydrogen-bond acceptors (Lipinski definition) is 8.